The van der Waals surface area contributed by atoms with Crippen LogP contribution in [-0.4, -0.2) is 34.3 Å². The van der Waals surface area contributed by atoms with E-state index in [0.29, 0.717) is 22.4 Å². The van der Waals surface area contributed by atoms with E-state index in [-0.39, 0.29) is 18.6 Å². The topological polar surface area (TPSA) is 73.2 Å². The van der Waals surface area contributed by atoms with Crippen LogP contribution in [-0.2, 0) is 16.1 Å². The van der Waals surface area contributed by atoms with Crippen molar-refractivity contribution in [2.75, 3.05) is 6.61 Å². The van der Waals surface area contributed by atoms with Crippen LogP contribution in [0.5, 0.6) is 0 Å². The molecule has 1 N–H and O–H groups in total. The monoisotopic (exact) mass is 459 g/mol. The van der Waals surface area contributed by atoms with Crippen LogP contribution < -0.4 is 5.32 Å². The Hall–Kier alpha value is -2.38. The Morgan fingerprint density at radius 3 is 2.74 bits per heavy atom. The number of ether oxygens (including phenoxy) is 1. The van der Waals surface area contributed by atoms with Gasteiger partial charge >= 0.3 is 5.97 Å². The number of thiophene rings is 1. The molecule has 0 aliphatic heterocycles. The lowest BCUT2D eigenvalue weighted by Gasteiger charge is -2.29. The van der Waals surface area contributed by atoms with Crippen molar-refractivity contribution >= 4 is 45.0 Å². The highest BCUT2D eigenvalue weighted by atomic mass is 35.5. The standard InChI is InChI=1S/C23H26ClN3O3S/c1-14-5-3-4-6-19(14)25-21(28)13-30-23(29)20-11-18-15(2)26-27(22(18)31-20)12-16-7-9-17(24)10-8-16/h7-11,14,19H,3-6,12-13H2,1-2H3,(H,25,28)/t14-,19-/m0/s1. The first-order valence-corrected chi connectivity index (χ1v) is 11.8. The number of esters is 1. The smallest absolute Gasteiger partial charge is 0.348 e. The minimum atomic E-state index is -0.481. The molecular formula is C23H26ClN3O3S. The summed E-state index contributed by atoms with van der Waals surface area (Å²) in [4.78, 5) is 26.2. The number of rotatable bonds is 6. The average molecular weight is 460 g/mol. The molecule has 2 atom stereocenters. The molecular weight excluding hydrogens is 434 g/mol. The van der Waals surface area contributed by atoms with Gasteiger partial charge in [0, 0.05) is 16.5 Å². The number of hydrogen-bond acceptors (Lipinski definition) is 5. The zero-order valence-corrected chi connectivity index (χ0v) is 19.3. The van der Waals surface area contributed by atoms with Crippen LogP contribution in [0, 0.1) is 12.8 Å². The summed E-state index contributed by atoms with van der Waals surface area (Å²) >= 11 is 7.30. The van der Waals surface area contributed by atoms with Gasteiger partial charge < -0.3 is 10.1 Å². The highest BCUT2D eigenvalue weighted by molar-refractivity contribution is 7.20. The lowest BCUT2D eigenvalue weighted by molar-refractivity contribution is -0.125. The molecule has 164 valence electrons. The van der Waals surface area contributed by atoms with Gasteiger partial charge in [0.1, 0.15) is 9.71 Å². The molecule has 1 aliphatic carbocycles. The van der Waals surface area contributed by atoms with E-state index in [1.807, 2.05) is 35.9 Å². The molecule has 0 radical (unpaired) electrons. The van der Waals surface area contributed by atoms with Crippen molar-refractivity contribution in [3.8, 4) is 0 Å². The molecule has 6 nitrogen and oxygen atoms in total. The number of aryl methyl sites for hydroxylation is 1. The molecule has 0 bridgehead atoms. The number of fused-ring (bicyclic) bond motifs is 1. The minimum Gasteiger partial charge on any atom is -0.451 e. The number of aromatic nitrogens is 2. The molecule has 3 aromatic rings. The van der Waals surface area contributed by atoms with Crippen LogP contribution in [0.3, 0.4) is 0 Å². The van der Waals surface area contributed by atoms with Crippen LogP contribution in [0.1, 0.15) is 53.5 Å². The molecule has 1 saturated carbocycles. The molecule has 8 heteroatoms. The number of benzene rings is 1. The first-order valence-electron chi connectivity index (χ1n) is 10.6. The van der Waals surface area contributed by atoms with Crippen molar-refractivity contribution in [2.24, 2.45) is 5.92 Å². The zero-order chi connectivity index (χ0) is 22.0. The van der Waals surface area contributed by atoms with Crippen molar-refractivity contribution in [3.05, 3.63) is 51.5 Å². The van der Waals surface area contributed by atoms with Crippen molar-refractivity contribution in [2.45, 2.75) is 52.1 Å². The Kier molecular flexibility index (Phi) is 6.62. The number of amides is 1. The van der Waals surface area contributed by atoms with Gasteiger partial charge in [0.05, 0.1) is 12.2 Å². The molecule has 31 heavy (non-hydrogen) atoms. The molecule has 2 aromatic heterocycles. The van der Waals surface area contributed by atoms with Crippen molar-refractivity contribution in [1.82, 2.24) is 15.1 Å². The number of carbonyl (C=O) groups is 2. The van der Waals surface area contributed by atoms with E-state index in [1.165, 1.54) is 17.8 Å². The summed E-state index contributed by atoms with van der Waals surface area (Å²) in [6, 6.07) is 9.58. The highest BCUT2D eigenvalue weighted by Crippen LogP contribution is 2.29. The fourth-order valence-corrected chi connectivity index (χ4v) is 5.25. The highest BCUT2D eigenvalue weighted by Gasteiger charge is 2.24. The largest absolute Gasteiger partial charge is 0.451 e. The molecule has 0 saturated heterocycles. The lowest BCUT2D eigenvalue weighted by atomic mass is 9.86. The maximum Gasteiger partial charge on any atom is 0.348 e. The summed E-state index contributed by atoms with van der Waals surface area (Å²) < 4.78 is 7.17. The van der Waals surface area contributed by atoms with E-state index >= 15 is 0 Å². The number of nitrogens with zero attached hydrogens (tertiary/aromatic N) is 2. The van der Waals surface area contributed by atoms with Gasteiger partial charge in [-0.15, -0.1) is 11.3 Å². The summed E-state index contributed by atoms with van der Waals surface area (Å²) in [7, 11) is 0. The number of hydrogen-bond donors (Lipinski definition) is 1. The van der Waals surface area contributed by atoms with Crippen LogP contribution in [0.15, 0.2) is 30.3 Å². The summed E-state index contributed by atoms with van der Waals surface area (Å²) in [5.41, 5.74) is 1.92. The molecule has 1 aliphatic rings. The van der Waals surface area contributed by atoms with Gasteiger partial charge in [0.2, 0.25) is 0 Å². The molecule has 0 unspecified atom stereocenters. The molecule has 4 rings (SSSR count). The third kappa shape index (κ3) is 5.10. The van der Waals surface area contributed by atoms with Gasteiger partial charge in [-0.25, -0.2) is 4.79 Å². The first kappa shape index (κ1) is 21.8. The van der Waals surface area contributed by atoms with E-state index in [0.717, 1.165) is 40.7 Å². The molecule has 1 amide bonds. The van der Waals surface area contributed by atoms with Gasteiger partial charge in [0.15, 0.2) is 6.61 Å². The third-order valence-corrected chi connectivity index (χ3v) is 7.23. The summed E-state index contributed by atoms with van der Waals surface area (Å²) in [5.74, 6) is -0.258. The predicted octanol–water partition coefficient (Wildman–Crippen LogP) is 4.96. The molecule has 1 aromatic carbocycles. The number of nitrogens with one attached hydrogen (secondary N) is 1. The Balaban J connectivity index is 1.40. The maximum absolute atomic E-state index is 12.6. The fourth-order valence-electron chi connectivity index (χ4n) is 4.06. The Morgan fingerprint density at radius 2 is 2.00 bits per heavy atom. The Bertz CT molecular complexity index is 1090. The number of halogens is 1. The van der Waals surface area contributed by atoms with Crippen molar-refractivity contribution < 1.29 is 14.3 Å². The first-order chi connectivity index (χ1) is 14.9. The lowest BCUT2D eigenvalue weighted by Crippen LogP contribution is -2.42. The van der Waals surface area contributed by atoms with Crippen LogP contribution in [0.2, 0.25) is 5.02 Å². The molecule has 1 fully saturated rings. The Labute approximate surface area is 190 Å². The SMILES string of the molecule is Cc1nn(Cc2ccc(Cl)cc2)c2sc(C(=O)OCC(=O)N[C@H]3CCCC[C@@H]3C)cc12. The quantitative estimate of drug-likeness (QED) is 0.529. The van der Waals surface area contributed by atoms with Gasteiger partial charge in [-0.05, 0) is 49.4 Å². The van der Waals surface area contributed by atoms with E-state index in [1.54, 1.807) is 6.07 Å². The van der Waals surface area contributed by atoms with E-state index < -0.39 is 5.97 Å². The predicted molar refractivity (Wildman–Crippen MR) is 123 cm³/mol. The van der Waals surface area contributed by atoms with Crippen LogP contribution >= 0.6 is 22.9 Å². The van der Waals surface area contributed by atoms with E-state index in [2.05, 4.69) is 17.3 Å². The second kappa shape index (κ2) is 9.40. The van der Waals surface area contributed by atoms with Crippen molar-refractivity contribution in [1.29, 1.82) is 0 Å². The summed E-state index contributed by atoms with van der Waals surface area (Å²) in [6.45, 7) is 4.40. The van der Waals surface area contributed by atoms with E-state index in [4.69, 9.17) is 16.3 Å². The fraction of sp³-hybridized carbons (Fsp3) is 0.435. The molecule has 0 spiro atoms. The number of carbonyl (C=O) groups excluding carboxylic acids is 2. The van der Waals surface area contributed by atoms with Gasteiger partial charge in [0.25, 0.3) is 5.91 Å². The zero-order valence-electron chi connectivity index (χ0n) is 17.7. The normalized spacial score (nSPS) is 18.8. The van der Waals surface area contributed by atoms with Crippen molar-refractivity contribution in [3.63, 3.8) is 0 Å². The summed E-state index contributed by atoms with van der Waals surface area (Å²) in [5, 5.41) is 9.21. The van der Waals surface area contributed by atoms with Gasteiger partial charge in [-0.3, -0.25) is 9.48 Å². The van der Waals surface area contributed by atoms with Crippen LogP contribution in [0.4, 0.5) is 0 Å². The average Bonchev–Trinajstić information content (AvgIpc) is 3.31. The van der Waals surface area contributed by atoms with Gasteiger partial charge in [-0.2, -0.15) is 5.10 Å². The van der Waals surface area contributed by atoms with Gasteiger partial charge in [-0.1, -0.05) is 43.5 Å². The second-order valence-electron chi connectivity index (χ2n) is 8.21. The second-order valence-corrected chi connectivity index (χ2v) is 9.68. The van der Waals surface area contributed by atoms with E-state index in [9.17, 15) is 9.59 Å². The third-order valence-electron chi connectivity index (χ3n) is 5.85. The Morgan fingerprint density at radius 1 is 1.26 bits per heavy atom. The maximum atomic E-state index is 12.6. The minimum absolute atomic E-state index is 0.172. The summed E-state index contributed by atoms with van der Waals surface area (Å²) in [6.07, 6.45) is 4.45. The van der Waals surface area contributed by atoms with Crippen LogP contribution in [0.25, 0.3) is 10.2 Å². The molecule has 2 heterocycles.